The van der Waals surface area contributed by atoms with Gasteiger partial charge in [-0.1, -0.05) is 64.8 Å². The highest BCUT2D eigenvalue weighted by atomic mass is 35.5. The molecule has 0 aliphatic carbocycles. The third-order valence-electron chi connectivity index (χ3n) is 4.74. The number of rotatable bonds is 7. The van der Waals surface area contributed by atoms with E-state index >= 15 is 0 Å². The number of aromatic nitrogens is 3. The number of hydrogen-bond donors (Lipinski definition) is 1. The van der Waals surface area contributed by atoms with Gasteiger partial charge in [-0.3, -0.25) is 9.48 Å². The number of nitrogens with one attached hydrogen (secondary N) is 1. The molecular formula is C23H21ClN4O3. The van der Waals surface area contributed by atoms with E-state index in [1.165, 1.54) is 5.56 Å². The molecule has 0 fully saturated rings. The molecule has 0 saturated carbocycles. The Bertz CT molecular complexity index is 1180. The monoisotopic (exact) mass is 436 g/mol. The molecule has 0 unspecified atom stereocenters. The van der Waals surface area contributed by atoms with E-state index in [1.54, 1.807) is 17.8 Å². The Hall–Kier alpha value is -3.58. The van der Waals surface area contributed by atoms with Gasteiger partial charge in [-0.2, -0.15) is 5.10 Å². The van der Waals surface area contributed by atoms with Crippen molar-refractivity contribution in [3.05, 3.63) is 94.0 Å². The van der Waals surface area contributed by atoms with Crippen LogP contribution in [0.2, 0.25) is 5.02 Å². The molecule has 0 aliphatic heterocycles. The largest absolute Gasteiger partial charge is 0.489 e. The van der Waals surface area contributed by atoms with Gasteiger partial charge in [-0.25, -0.2) is 0 Å². The lowest BCUT2D eigenvalue weighted by Gasteiger charge is -2.06. The summed E-state index contributed by atoms with van der Waals surface area (Å²) in [6.45, 7) is 4.45. The Morgan fingerprint density at radius 3 is 2.61 bits per heavy atom. The van der Waals surface area contributed by atoms with Crippen molar-refractivity contribution in [3.63, 3.8) is 0 Å². The van der Waals surface area contributed by atoms with Crippen LogP contribution in [0.25, 0.3) is 0 Å². The third kappa shape index (κ3) is 4.95. The van der Waals surface area contributed by atoms with E-state index in [0.29, 0.717) is 28.6 Å². The molecule has 0 aliphatic rings. The van der Waals surface area contributed by atoms with E-state index in [2.05, 4.69) is 15.6 Å². The molecular weight excluding hydrogens is 416 g/mol. The molecule has 8 heteroatoms. The van der Waals surface area contributed by atoms with Crippen molar-refractivity contribution >= 4 is 23.3 Å². The van der Waals surface area contributed by atoms with Gasteiger partial charge >= 0.3 is 0 Å². The minimum Gasteiger partial charge on any atom is -0.489 e. The fourth-order valence-electron chi connectivity index (χ4n) is 3.02. The van der Waals surface area contributed by atoms with Gasteiger partial charge in [0.1, 0.15) is 23.1 Å². The molecule has 0 atom stereocenters. The van der Waals surface area contributed by atoms with E-state index in [1.807, 2.05) is 61.5 Å². The quantitative estimate of drug-likeness (QED) is 0.439. The number of carbonyl (C=O) groups excluding carboxylic acids is 1. The first-order valence-corrected chi connectivity index (χ1v) is 10.1. The highest BCUT2D eigenvalue weighted by Crippen LogP contribution is 2.23. The summed E-state index contributed by atoms with van der Waals surface area (Å²) in [6.07, 6.45) is 1.67. The van der Waals surface area contributed by atoms with Gasteiger partial charge in [0.05, 0.1) is 12.1 Å². The smallest absolute Gasteiger partial charge is 0.279 e. The summed E-state index contributed by atoms with van der Waals surface area (Å²) in [7, 11) is 0. The van der Waals surface area contributed by atoms with E-state index in [0.717, 1.165) is 5.56 Å². The lowest BCUT2D eigenvalue weighted by Crippen LogP contribution is -2.16. The maximum Gasteiger partial charge on any atom is 0.279 e. The molecule has 0 spiro atoms. The summed E-state index contributed by atoms with van der Waals surface area (Å²) in [5.74, 6) is 0.991. The number of anilines is 1. The zero-order valence-electron chi connectivity index (χ0n) is 17.1. The van der Waals surface area contributed by atoms with Crippen molar-refractivity contribution in [1.82, 2.24) is 14.9 Å². The van der Waals surface area contributed by atoms with Crippen LogP contribution >= 0.6 is 11.6 Å². The summed E-state index contributed by atoms with van der Waals surface area (Å²) < 4.78 is 12.6. The lowest BCUT2D eigenvalue weighted by atomic mass is 10.1. The number of para-hydroxylation sites is 1. The average molecular weight is 437 g/mol. The van der Waals surface area contributed by atoms with E-state index in [-0.39, 0.29) is 18.1 Å². The van der Waals surface area contributed by atoms with Crippen molar-refractivity contribution in [1.29, 1.82) is 0 Å². The van der Waals surface area contributed by atoms with Crippen LogP contribution < -0.4 is 10.1 Å². The number of aryl methyl sites for hydroxylation is 2. The number of nitrogens with zero attached hydrogens (tertiary/aromatic N) is 3. The molecule has 7 nitrogen and oxygen atoms in total. The van der Waals surface area contributed by atoms with Crippen molar-refractivity contribution < 1.29 is 14.1 Å². The van der Waals surface area contributed by atoms with Crippen molar-refractivity contribution in [2.75, 3.05) is 5.32 Å². The van der Waals surface area contributed by atoms with Gasteiger partial charge in [0.15, 0.2) is 11.5 Å². The summed E-state index contributed by atoms with van der Waals surface area (Å²) in [6, 6.07) is 17.5. The average Bonchev–Trinajstić information content (AvgIpc) is 3.30. The zero-order valence-corrected chi connectivity index (χ0v) is 17.9. The predicted octanol–water partition coefficient (Wildman–Crippen LogP) is 5.02. The minimum atomic E-state index is -0.467. The summed E-state index contributed by atoms with van der Waals surface area (Å²) in [5.41, 5.74) is 2.97. The number of amides is 1. The van der Waals surface area contributed by atoms with Crippen LogP contribution in [0.1, 0.15) is 32.9 Å². The second-order valence-electron chi connectivity index (χ2n) is 7.13. The highest BCUT2D eigenvalue weighted by Gasteiger charge is 2.22. The van der Waals surface area contributed by atoms with E-state index < -0.39 is 5.91 Å². The van der Waals surface area contributed by atoms with Gasteiger partial charge in [0.2, 0.25) is 0 Å². The Labute approximate surface area is 184 Å². The van der Waals surface area contributed by atoms with Crippen LogP contribution in [0.3, 0.4) is 0 Å². The van der Waals surface area contributed by atoms with Crippen LogP contribution in [-0.2, 0) is 13.2 Å². The van der Waals surface area contributed by atoms with Crippen LogP contribution in [0.5, 0.6) is 5.75 Å². The molecule has 1 N–H and O–H groups in total. The number of ether oxygens (including phenoxy) is 1. The van der Waals surface area contributed by atoms with Crippen LogP contribution in [0.15, 0.2) is 65.3 Å². The molecule has 31 heavy (non-hydrogen) atoms. The first-order valence-electron chi connectivity index (χ1n) is 9.72. The van der Waals surface area contributed by atoms with Gasteiger partial charge in [0, 0.05) is 6.20 Å². The summed E-state index contributed by atoms with van der Waals surface area (Å²) >= 11 is 6.29. The lowest BCUT2D eigenvalue weighted by molar-refractivity contribution is 0.101. The fraction of sp³-hybridized carbons (Fsp3) is 0.174. The maximum absolute atomic E-state index is 12.8. The molecule has 0 bridgehead atoms. The molecule has 4 aromatic rings. The first-order chi connectivity index (χ1) is 15.0. The number of hydrogen-bond acceptors (Lipinski definition) is 5. The summed E-state index contributed by atoms with van der Waals surface area (Å²) in [5, 5.41) is 11.3. The molecule has 2 aromatic carbocycles. The van der Waals surface area contributed by atoms with E-state index in [9.17, 15) is 4.79 Å². The standard InChI is InChI=1S/C23H21ClN4O3/c1-15-8-10-17(11-9-15)12-28-13-20(24)22(26-28)25-23(29)21-19(16(2)31-27-21)14-30-18-6-4-3-5-7-18/h3-11,13H,12,14H2,1-2H3,(H,25,26,29). The number of carbonyl (C=O) groups is 1. The molecule has 0 saturated heterocycles. The summed E-state index contributed by atoms with van der Waals surface area (Å²) in [4.78, 5) is 12.8. The van der Waals surface area contributed by atoms with Crippen molar-refractivity contribution in [2.24, 2.45) is 0 Å². The van der Waals surface area contributed by atoms with Gasteiger partial charge < -0.3 is 14.6 Å². The molecule has 2 heterocycles. The maximum atomic E-state index is 12.8. The molecule has 158 valence electrons. The molecule has 2 aromatic heterocycles. The van der Waals surface area contributed by atoms with Crippen LogP contribution in [0, 0.1) is 13.8 Å². The first kappa shape index (κ1) is 20.7. The van der Waals surface area contributed by atoms with Crippen LogP contribution in [0.4, 0.5) is 5.82 Å². The fourth-order valence-corrected chi connectivity index (χ4v) is 3.22. The molecule has 4 rings (SSSR count). The van der Waals surface area contributed by atoms with E-state index in [4.69, 9.17) is 20.9 Å². The van der Waals surface area contributed by atoms with Crippen molar-refractivity contribution in [3.8, 4) is 5.75 Å². The second-order valence-corrected chi connectivity index (χ2v) is 7.54. The molecule has 1 amide bonds. The van der Waals surface area contributed by atoms with Crippen molar-refractivity contribution in [2.45, 2.75) is 27.0 Å². The Kier molecular flexibility index (Phi) is 6.04. The topological polar surface area (TPSA) is 82.2 Å². The number of halogens is 1. The number of benzene rings is 2. The van der Waals surface area contributed by atoms with Gasteiger partial charge in [-0.05, 0) is 31.5 Å². The predicted molar refractivity (Wildman–Crippen MR) is 117 cm³/mol. The Morgan fingerprint density at radius 1 is 1.13 bits per heavy atom. The Balaban J connectivity index is 1.46. The Morgan fingerprint density at radius 2 is 1.87 bits per heavy atom. The van der Waals surface area contributed by atoms with Crippen LogP contribution in [-0.4, -0.2) is 20.8 Å². The minimum absolute atomic E-state index is 0.137. The zero-order chi connectivity index (χ0) is 21.8. The molecule has 0 radical (unpaired) electrons. The second kappa shape index (κ2) is 9.06. The SMILES string of the molecule is Cc1ccc(Cn2cc(Cl)c(NC(=O)c3noc(C)c3COc3ccccc3)n2)cc1. The van der Waals surface area contributed by atoms with Gasteiger partial charge in [-0.15, -0.1) is 0 Å². The normalized spacial score (nSPS) is 10.8. The third-order valence-corrected chi connectivity index (χ3v) is 5.02. The van der Waals surface area contributed by atoms with Gasteiger partial charge in [0.25, 0.3) is 5.91 Å². The highest BCUT2D eigenvalue weighted by molar-refractivity contribution is 6.33.